The van der Waals surface area contributed by atoms with Gasteiger partial charge in [-0.2, -0.15) is 13.2 Å². The fourth-order valence-electron chi connectivity index (χ4n) is 2.14. The minimum atomic E-state index is -4.46. The Balaban J connectivity index is 3.24. The van der Waals surface area contributed by atoms with Crippen LogP contribution in [0.2, 0.25) is 0 Å². The van der Waals surface area contributed by atoms with Crippen molar-refractivity contribution in [1.29, 1.82) is 0 Å². The molecule has 1 rings (SSSR count). The first-order valence-electron chi connectivity index (χ1n) is 6.41. The molecule has 1 aromatic heterocycles. The number of hydrogen-bond donors (Lipinski definition) is 2. The highest BCUT2D eigenvalue weighted by Crippen LogP contribution is 2.36. The van der Waals surface area contributed by atoms with Crippen molar-refractivity contribution in [3.05, 3.63) is 29.6 Å². The minimum Gasteiger partial charge on any atom is -0.376 e. The molecule has 0 fully saturated rings. The van der Waals surface area contributed by atoms with E-state index in [1.54, 1.807) is 6.92 Å². The van der Waals surface area contributed by atoms with Crippen molar-refractivity contribution in [2.75, 3.05) is 6.61 Å². The van der Waals surface area contributed by atoms with Gasteiger partial charge >= 0.3 is 6.18 Å². The third kappa shape index (κ3) is 3.91. The zero-order chi connectivity index (χ0) is 15.3. The van der Waals surface area contributed by atoms with Crippen molar-refractivity contribution < 1.29 is 17.9 Å². The lowest BCUT2D eigenvalue weighted by molar-refractivity contribution is -0.139. The Labute approximate surface area is 116 Å². The van der Waals surface area contributed by atoms with Gasteiger partial charge < -0.3 is 4.74 Å². The van der Waals surface area contributed by atoms with Crippen molar-refractivity contribution in [3.8, 4) is 0 Å². The summed E-state index contributed by atoms with van der Waals surface area (Å²) in [4.78, 5) is 3.78. The number of halogens is 3. The molecule has 0 bridgehead atoms. The SMILES string of the molecule is CCOC(C(C)C)C(NN)c1cnccc1C(F)(F)F. The number of hydrogen-bond acceptors (Lipinski definition) is 4. The lowest BCUT2D eigenvalue weighted by atomic mass is 9.92. The largest absolute Gasteiger partial charge is 0.416 e. The number of pyridine rings is 1. The van der Waals surface area contributed by atoms with Crippen LogP contribution in [0.15, 0.2) is 18.5 Å². The van der Waals surface area contributed by atoms with Crippen LogP contribution in [0.4, 0.5) is 13.2 Å². The second-order valence-electron chi connectivity index (χ2n) is 4.77. The topological polar surface area (TPSA) is 60.2 Å². The fraction of sp³-hybridized carbons (Fsp3) is 0.615. The van der Waals surface area contributed by atoms with Gasteiger partial charge in [0.1, 0.15) is 0 Å². The lowest BCUT2D eigenvalue weighted by Crippen LogP contribution is -2.41. The summed E-state index contributed by atoms with van der Waals surface area (Å²) in [6.45, 7) is 5.92. The summed E-state index contributed by atoms with van der Waals surface area (Å²) in [5, 5.41) is 0. The Hall–Kier alpha value is -1.18. The van der Waals surface area contributed by atoms with E-state index in [1.807, 2.05) is 13.8 Å². The van der Waals surface area contributed by atoms with E-state index in [4.69, 9.17) is 10.6 Å². The van der Waals surface area contributed by atoms with Crippen LogP contribution in [-0.4, -0.2) is 17.7 Å². The van der Waals surface area contributed by atoms with E-state index < -0.39 is 23.9 Å². The molecule has 7 heteroatoms. The zero-order valence-corrected chi connectivity index (χ0v) is 11.7. The molecule has 1 heterocycles. The molecule has 0 spiro atoms. The average molecular weight is 291 g/mol. The summed E-state index contributed by atoms with van der Waals surface area (Å²) in [6.07, 6.45) is -2.64. The van der Waals surface area contributed by atoms with E-state index in [1.165, 1.54) is 6.20 Å². The highest BCUT2D eigenvalue weighted by molar-refractivity contribution is 5.30. The van der Waals surface area contributed by atoms with Crippen LogP contribution < -0.4 is 11.3 Å². The van der Waals surface area contributed by atoms with E-state index in [0.717, 1.165) is 12.3 Å². The number of nitrogens with two attached hydrogens (primary N) is 1. The molecular weight excluding hydrogens is 271 g/mol. The quantitative estimate of drug-likeness (QED) is 0.625. The summed E-state index contributed by atoms with van der Waals surface area (Å²) in [5.41, 5.74) is 1.68. The van der Waals surface area contributed by atoms with Gasteiger partial charge in [-0.05, 0) is 18.9 Å². The highest BCUT2D eigenvalue weighted by Gasteiger charge is 2.37. The zero-order valence-electron chi connectivity index (χ0n) is 11.7. The van der Waals surface area contributed by atoms with Crippen molar-refractivity contribution in [1.82, 2.24) is 10.4 Å². The number of alkyl halides is 3. The molecule has 0 amide bonds. The maximum Gasteiger partial charge on any atom is 0.416 e. The first-order chi connectivity index (χ1) is 9.32. The van der Waals surface area contributed by atoms with Gasteiger partial charge in [0.25, 0.3) is 0 Å². The van der Waals surface area contributed by atoms with Gasteiger partial charge in [0.2, 0.25) is 0 Å². The second kappa shape index (κ2) is 7.01. The predicted molar refractivity (Wildman–Crippen MR) is 69.6 cm³/mol. The van der Waals surface area contributed by atoms with E-state index in [2.05, 4.69) is 10.4 Å². The molecule has 0 aromatic carbocycles. The molecule has 20 heavy (non-hydrogen) atoms. The Kier molecular flexibility index (Phi) is 5.91. The normalized spacial score (nSPS) is 15.4. The van der Waals surface area contributed by atoms with Crippen LogP contribution in [0.25, 0.3) is 0 Å². The molecule has 0 aliphatic carbocycles. The van der Waals surface area contributed by atoms with Gasteiger partial charge in [0, 0.05) is 24.6 Å². The Bertz CT molecular complexity index is 424. The van der Waals surface area contributed by atoms with Crippen LogP contribution in [0.3, 0.4) is 0 Å². The Morgan fingerprint density at radius 2 is 2.05 bits per heavy atom. The number of hydrazine groups is 1. The van der Waals surface area contributed by atoms with Crippen molar-refractivity contribution in [3.63, 3.8) is 0 Å². The van der Waals surface area contributed by atoms with E-state index in [-0.39, 0.29) is 11.5 Å². The molecule has 0 saturated heterocycles. The van der Waals surface area contributed by atoms with Gasteiger partial charge in [-0.15, -0.1) is 0 Å². The monoisotopic (exact) mass is 291 g/mol. The van der Waals surface area contributed by atoms with Crippen molar-refractivity contribution >= 4 is 0 Å². The minimum absolute atomic E-state index is 0.00251. The molecule has 114 valence electrons. The number of aromatic nitrogens is 1. The third-order valence-electron chi connectivity index (χ3n) is 3.02. The highest BCUT2D eigenvalue weighted by atomic mass is 19.4. The molecule has 0 aliphatic heterocycles. The predicted octanol–water partition coefficient (Wildman–Crippen LogP) is 2.67. The lowest BCUT2D eigenvalue weighted by Gasteiger charge is -2.31. The standard InChI is InChI=1S/C13H20F3N3O/c1-4-20-12(8(2)3)11(19-17)9-7-18-6-5-10(9)13(14,15)16/h5-8,11-12,19H,4,17H2,1-3H3. The van der Waals surface area contributed by atoms with E-state index in [9.17, 15) is 13.2 Å². The average Bonchev–Trinajstić information content (AvgIpc) is 2.38. The third-order valence-corrected chi connectivity index (χ3v) is 3.02. The molecule has 0 aliphatic rings. The molecule has 1 aromatic rings. The van der Waals surface area contributed by atoms with Crippen molar-refractivity contribution in [2.45, 2.75) is 39.1 Å². The van der Waals surface area contributed by atoms with Crippen LogP contribution in [-0.2, 0) is 10.9 Å². The summed E-state index contributed by atoms with van der Waals surface area (Å²) >= 11 is 0. The Morgan fingerprint density at radius 1 is 1.40 bits per heavy atom. The maximum atomic E-state index is 13.1. The summed E-state index contributed by atoms with van der Waals surface area (Å²) < 4.78 is 44.7. The van der Waals surface area contributed by atoms with Gasteiger partial charge in [-0.3, -0.25) is 16.3 Å². The summed E-state index contributed by atoms with van der Waals surface area (Å²) in [6, 6.07) is 0.170. The van der Waals surface area contributed by atoms with Crippen LogP contribution in [0.1, 0.15) is 37.9 Å². The first kappa shape index (κ1) is 16.9. The number of rotatable bonds is 6. The molecule has 0 saturated carbocycles. The van der Waals surface area contributed by atoms with E-state index in [0.29, 0.717) is 6.61 Å². The summed E-state index contributed by atoms with van der Waals surface area (Å²) in [5.74, 6) is 5.46. The van der Waals surface area contributed by atoms with Gasteiger partial charge in [-0.25, -0.2) is 0 Å². The second-order valence-corrected chi connectivity index (χ2v) is 4.77. The Morgan fingerprint density at radius 3 is 2.50 bits per heavy atom. The van der Waals surface area contributed by atoms with Crippen LogP contribution in [0.5, 0.6) is 0 Å². The molecule has 3 N–H and O–H groups in total. The fourth-order valence-corrected chi connectivity index (χ4v) is 2.14. The van der Waals surface area contributed by atoms with Gasteiger partial charge in [0.15, 0.2) is 0 Å². The smallest absolute Gasteiger partial charge is 0.376 e. The number of nitrogens with one attached hydrogen (secondary N) is 1. The first-order valence-corrected chi connectivity index (χ1v) is 6.41. The van der Waals surface area contributed by atoms with E-state index >= 15 is 0 Å². The maximum absolute atomic E-state index is 13.1. The van der Waals surface area contributed by atoms with Gasteiger partial charge in [0.05, 0.1) is 17.7 Å². The van der Waals surface area contributed by atoms with Crippen LogP contribution in [0, 0.1) is 5.92 Å². The molecule has 0 radical (unpaired) electrons. The van der Waals surface area contributed by atoms with Crippen LogP contribution >= 0.6 is 0 Å². The number of nitrogens with zero attached hydrogens (tertiary/aromatic N) is 1. The summed E-state index contributed by atoms with van der Waals surface area (Å²) in [7, 11) is 0. The molecule has 2 unspecified atom stereocenters. The molecule has 4 nitrogen and oxygen atoms in total. The molecule has 2 atom stereocenters. The molecular formula is C13H20F3N3O. The van der Waals surface area contributed by atoms with Crippen molar-refractivity contribution in [2.24, 2.45) is 11.8 Å². The van der Waals surface area contributed by atoms with Gasteiger partial charge in [-0.1, -0.05) is 13.8 Å². The number of ether oxygens (including phenoxy) is 1.